The molecular formula is C10H11IN4O. The van der Waals surface area contributed by atoms with Crippen molar-refractivity contribution in [1.82, 2.24) is 19.7 Å². The van der Waals surface area contributed by atoms with Crippen molar-refractivity contribution < 1.29 is 0 Å². The van der Waals surface area contributed by atoms with E-state index in [0.29, 0.717) is 9.39 Å². The first-order chi connectivity index (χ1) is 7.50. The maximum absolute atomic E-state index is 11.6. The van der Waals surface area contributed by atoms with Crippen molar-refractivity contribution in [2.75, 3.05) is 0 Å². The van der Waals surface area contributed by atoms with Crippen molar-refractivity contribution >= 4 is 22.6 Å². The van der Waals surface area contributed by atoms with Crippen LogP contribution in [0.1, 0.15) is 11.4 Å². The molecule has 1 N–H and O–H groups in total. The standard InChI is InChI=1S/C10H11IN4O/c1-5-8(11)10(16)14-9(13-5)7-4-12-15(3)6(7)2/h4H,1-3H3,(H,13,14,16). The molecule has 0 saturated heterocycles. The zero-order valence-corrected chi connectivity index (χ0v) is 11.4. The largest absolute Gasteiger partial charge is 0.305 e. The van der Waals surface area contributed by atoms with E-state index in [2.05, 4.69) is 15.1 Å². The summed E-state index contributed by atoms with van der Waals surface area (Å²) in [5.74, 6) is 0.577. The highest BCUT2D eigenvalue weighted by atomic mass is 127. The quantitative estimate of drug-likeness (QED) is 0.804. The minimum Gasteiger partial charge on any atom is -0.305 e. The maximum Gasteiger partial charge on any atom is 0.264 e. The van der Waals surface area contributed by atoms with E-state index >= 15 is 0 Å². The number of aryl methyl sites for hydroxylation is 2. The van der Waals surface area contributed by atoms with Gasteiger partial charge in [0.1, 0.15) is 5.82 Å². The van der Waals surface area contributed by atoms with E-state index in [1.165, 1.54) is 0 Å². The molecule has 0 aliphatic carbocycles. The van der Waals surface area contributed by atoms with E-state index in [9.17, 15) is 4.79 Å². The molecule has 0 aromatic carbocycles. The number of aromatic amines is 1. The summed E-state index contributed by atoms with van der Waals surface area (Å²) in [6.07, 6.45) is 1.71. The Morgan fingerprint density at radius 1 is 1.44 bits per heavy atom. The Morgan fingerprint density at radius 3 is 2.62 bits per heavy atom. The van der Waals surface area contributed by atoms with E-state index in [0.717, 1.165) is 17.0 Å². The predicted molar refractivity (Wildman–Crippen MR) is 69.3 cm³/mol. The zero-order valence-electron chi connectivity index (χ0n) is 9.21. The Bertz CT molecular complexity index is 599. The molecule has 5 nitrogen and oxygen atoms in total. The Morgan fingerprint density at radius 2 is 2.12 bits per heavy atom. The average molecular weight is 330 g/mol. The molecule has 0 aliphatic rings. The first-order valence-electron chi connectivity index (χ1n) is 4.76. The van der Waals surface area contributed by atoms with Crippen molar-refractivity contribution in [2.45, 2.75) is 13.8 Å². The van der Waals surface area contributed by atoms with Crippen LogP contribution in [0, 0.1) is 17.4 Å². The van der Waals surface area contributed by atoms with Gasteiger partial charge in [0.05, 0.1) is 21.0 Å². The highest BCUT2D eigenvalue weighted by Crippen LogP contribution is 2.18. The summed E-state index contributed by atoms with van der Waals surface area (Å²) in [5, 5.41) is 4.13. The van der Waals surface area contributed by atoms with E-state index in [-0.39, 0.29) is 5.56 Å². The van der Waals surface area contributed by atoms with Crippen LogP contribution < -0.4 is 5.56 Å². The van der Waals surface area contributed by atoms with Crippen LogP contribution in [0.25, 0.3) is 11.4 Å². The van der Waals surface area contributed by atoms with Crippen LogP contribution in [0.15, 0.2) is 11.0 Å². The Balaban J connectivity index is 2.66. The van der Waals surface area contributed by atoms with Gasteiger partial charge in [-0.25, -0.2) is 4.98 Å². The first kappa shape index (κ1) is 11.3. The lowest BCUT2D eigenvalue weighted by atomic mass is 10.2. The van der Waals surface area contributed by atoms with Gasteiger partial charge in [-0.1, -0.05) is 0 Å². The fourth-order valence-electron chi connectivity index (χ4n) is 1.43. The van der Waals surface area contributed by atoms with Gasteiger partial charge in [-0.15, -0.1) is 0 Å². The third kappa shape index (κ3) is 1.77. The summed E-state index contributed by atoms with van der Waals surface area (Å²) in [6.45, 7) is 3.77. The summed E-state index contributed by atoms with van der Waals surface area (Å²) in [5.41, 5.74) is 2.47. The van der Waals surface area contributed by atoms with Gasteiger partial charge in [0.2, 0.25) is 0 Å². The van der Waals surface area contributed by atoms with Crippen molar-refractivity contribution in [2.24, 2.45) is 7.05 Å². The van der Waals surface area contributed by atoms with Crippen molar-refractivity contribution in [1.29, 1.82) is 0 Å². The van der Waals surface area contributed by atoms with E-state index < -0.39 is 0 Å². The van der Waals surface area contributed by atoms with Gasteiger partial charge in [-0.3, -0.25) is 9.48 Å². The smallest absolute Gasteiger partial charge is 0.264 e. The Labute approximate surface area is 106 Å². The molecule has 0 radical (unpaired) electrons. The number of rotatable bonds is 1. The van der Waals surface area contributed by atoms with Gasteiger partial charge in [0.15, 0.2) is 0 Å². The first-order valence-corrected chi connectivity index (χ1v) is 5.84. The van der Waals surface area contributed by atoms with Crippen molar-refractivity contribution in [3.8, 4) is 11.4 Å². The summed E-state index contributed by atoms with van der Waals surface area (Å²) >= 11 is 1.99. The van der Waals surface area contributed by atoms with Gasteiger partial charge in [-0.05, 0) is 36.4 Å². The van der Waals surface area contributed by atoms with Gasteiger partial charge >= 0.3 is 0 Å². The molecule has 2 rings (SSSR count). The molecule has 6 heteroatoms. The zero-order chi connectivity index (χ0) is 11.9. The molecule has 0 unspecified atom stereocenters. The van der Waals surface area contributed by atoms with Gasteiger partial charge < -0.3 is 4.98 Å². The minimum atomic E-state index is -0.105. The molecule has 16 heavy (non-hydrogen) atoms. The number of halogens is 1. The summed E-state index contributed by atoms with van der Waals surface area (Å²) < 4.78 is 2.38. The summed E-state index contributed by atoms with van der Waals surface area (Å²) in [7, 11) is 1.86. The second kappa shape index (κ2) is 4.00. The molecule has 0 saturated carbocycles. The van der Waals surface area contributed by atoms with Crippen molar-refractivity contribution in [3.05, 3.63) is 31.5 Å². The summed E-state index contributed by atoms with van der Waals surface area (Å²) in [6, 6.07) is 0. The Hall–Kier alpha value is -1.18. The molecule has 0 amide bonds. The molecule has 2 aromatic rings. The molecule has 0 bridgehead atoms. The normalized spacial score (nSPS) is 10.8. The third-order valence-corrected chi connectivity index (χ3v) is 3.79. The number of nitrogens with zero attached hydrogens (tertiary/aromatic N) is 3. The van der Waals surface area contributed by atoms with E-state index in [1.807, 2.05) is 43.5 Å². The Kier molecular flexibility index (Phi) is 2.83. The van der Waals surface area contributed by atoms with Gasteiger partial charge in [0, 0.05) is 12.7 Å². The minimum absolute atomic E-state index is 0.105. The van der Waals surface area contributed by atoms with Crippen LogP contribution in [0.5, 0.6) is 0 Å². The lowest BCUT2D eigenvalue weighted by molar-refractivity contribution is 0.740. The molecule has 84 valence electrons. The van der Waals surface area contributed by atoms with Crippen LogP contribution in [0.2, 0.25) is 0 Å². The van der Waals surface area contributed by atoms with Crippen molar-refractivity contribution in [3.63, 3.8) is 0 Å². The number of H-pyrrole nitrogens is 1. The van der Waals surface area contributed by atoms with Crippen LogP contribution in [0.3, 0.4) is 0 Å². The molecule has 0 aliphatic heterocycles. The van der Waals surface area contributed by atoms with E-state index in [4.69, 9.17) is 0 Å². The second-order valence-corrected chi connectivity index (χ2v) is 4.66. The number of hydrogen-bond donors (Lipinski definition) is 1. The second-order valence-electron chi connectivity index (χ2n) is 3.58. The molecule has 2 aromatic heterocycles. The van der Waals surface area contributed by atoms with Crippen LogP contribution in [0.4, 0.5) is 0 Å². The fourth-order valence-corrected chi connectivity index (χ4v) is 1.69. The third-order valence-electron chi connectivity index (χ3n) is 2.52. The molecule has 0 spiro atoms. The van der Waals surface area contributed by atoms with Crippen LogP contribution in [-0.4, -0.2) is 19.7 Å². The highest BCUT2D eigenvalue weighted by Gasteiger charge is 2.11. The van der Waals surface area contributed by atoms with Crippen LogP contribution in [-0.2, 0) is 7.05 Å². The number of aromatic nitrogens is 4. The number of nitrogens with one attached hydrogen (secondary N) is 1. The number of hydrogen-bond acceptors (Lipinski definition) is 3. The molecule has 0 atom stereocenters. The fraction of sp³-hybridized carbons (Fsp3) is 0.300. The monoisotopic (exact) mass is 330 g/mol. The SMILES string of the molecule is Cc1nc(-c2cnn(C)c2C)[nH]c(=O)c1I. The predicted octanol–water partition coefficient (Wildman–Crippen LogP) is 1.39. The summed E-state index contributed by atoms with van der Waals surface area (Å²) in [4.78, 5) is 18.7. The molecule has 2 heterocycles. The molecular weight excluding hydrogens is 319 g/mol. The topological polar surface area (TPSA) is 63.6 Å². The molecule has 0 fully saturated rings. The van der Waals surface area contributed by atoms with Crippen LogP contribution >= 0.6 is 22.6 Å². The lowest BCUT2D eigenvalue weighted by Crippen LogP contribution is -2.14. The highest BCUT2D eigenvalue weighted by molar-refractivity contribution is 14.1. The maximum atomic E-state index is 11.6. The van der Waals surface area contributed by atoms with Gasteiger partial charge in [0.25, 0.3) is 5.56 Å². The van der Waals surface area contributed by atoms with E-state index in [1.54, 1.807) is 10.9 Å². The lowest BCUT2D eigenvalue weighted by Gasteiger charge is -2.02. The average Bonchev–Trinajstić information content (AvgIpc) is 2.56. The van der Waals surface area contributed by atoms with Gasteiger partial charge in [-0.2, -0.15) is 5.10 Å².